The molecule has 0 amide bonds. The maximum atomic E-state index is 5.83. The Morgan fingerprint density at radius 2 is 1.74 bits per heavy atom. The SMILES string of the molecule is CC(C)Cc1ccc(CN(C)CC2CC(N)C2)cc1. The van der Waals surface area contributed by atoms with Crippen molar-refractivity contribution in [1.82, 2.24) is 4.90 Å². The van der Waals surface area contributed by atoms with E-state index < -0.39 is 0 Å². The van der Waals surface area contributed by atoms with Crippen LogP contribution >= 0.6 is 0 Å². The number of hydrogen-bond acceptors (Lipinski definition) is 2. The van der Waals surface area contributed by atoms with Gasteiger partial charge in [0.15, 0.2) is 0 Å². The molecule has 0 radical (unpaired) electrons. The van der Waals surface area contributed by atoms with Gasteiger partial charge in [-0.3, -0.25) is 0 Å². The molecule has 2 N–H and O–H groups in total. The second-order valence-electron chi connectivity index (χ2n) is 6.71. The number of nitrogens with zero attached hydrogens (tertiary/aromatic N) is 1. The summed E-state index contributed by atoms with van der Waals surface area (Å²) in [5.41, 5.74) is 8.70. The summed E-state index contributed by atoms with van der Waals surface area (Å²) >= 11 is 0. The predicted molar refractivity (Wildman–Crippen MR) is 82.0 cm³/mol. The van der Waals surface area contributed by atoms with E-state index in [2.05, 4.69) is 50.1 Å². The molecule has 2 heteroatoms. The molecule has 2 nitrogen and oxygen atoms in total. The molecule has 1 fully saturated rings. The van der Waals surface area contributed by atoms with Gasteiger partial charge in [-0.15, -0.1) is 0 Å². The van der Waals surface area contributed by atoms with Gasteiger partial charge in [0, 0.05) is 19.1 Å². The average Bonchev–Trinajstić information content (AvgIpc) is 2.29. The Morgan fingerprint density at radius 3 is 2.26 bits per heavy atom. The number of rotatable bonds is 6. The van der Waals surface area contributed by atoms with Gasteiger partial charge in [0.1, 0.15) is 0 Å². The maximum Gasteiger partial charge on any atom is 0.0230 e. The highest BCUT2D eigenvalue weighted by Crippen LogP contribution is 2.26. The number of hydrogen-bond donors (Lipinski definition) is 1. The normalized spacial score (nSPS) is 22.8. The van der Waals surface area contributed by atoms with Crippen LogP contribution < -0.4 is 5.73 Å². The fraction of sp³-hybridized carbons (Fsp3) is 0.647. The van der Waals surface area contributed by atoms with Crippen LogP contribution in [0, 0.1) is 11.8 Å². The summed E-state index contributed by atoms with van der Waals surface area (Å²) in [6.07, 6.45) is 3.59. The van der Waals surface area contributed by atoms with E-state index in [9.17, 15) is 0 Å². The third kappa shape index (κ3) is 4.63. The van der Waals surface area contributed by atoms with Gasteiger partial charge < -0.3 is 10.6 Å². The molecule has 1 aromatic rings. The van der Waals surface area contributed by atoms with Crippen LogP contribution in [0.15, 0.2) is 24.3 Å². The van der Waals surface area contributed by atoms with Crippen LogP contribution in [-0.4, -0.2) is 24.5 Å². The molecule has 0 aromatic heterocycles. The molecular weight excluding hydrogens is 232 g/mol. The molecule has 0 bridgehead atoms. The molecule has 2 rings (SSSR count). The lowest BCUT2D eigenvalue weighted by molar-refractivity contribution is 0.178. The number of benzene rings is 1. The van der Waals surface area contributed by atoms with Gasteiger partial charge in [0.2, 0.25) is 0 Å². The smallest absolute Gasteiger partial charge is 0.0230 e. The van der Waals surface area contributed by atoms with Crippen LogP contribution in [0.4, 0.5) is 0 Å². The fourth-order valence-electron chi connectivity index (χ4n) is 3.01. The fourth-order valence-corrected chi connectivity index (χ4v) is 3.01. The van der Waals surface area contributed by atoms with E-state index >= 15 is 0 Å². The Bertz CT molecular complexity index is 377. The zero-order valence-electron chi connectivity index (χ0n) is 12.6. The van der Waals surface area contributed by atoms with Crippen LogP contribution in [0.2, 0.25) is 0 Å². The third-order valence-electron chi connectivity index (χ3n) is 3.96. The first kappa shape index (κ1) is 14.5. The van der Waals surface area contributed by atoms with E-state index in [4.69, 9.17) is 5.73 Å². The summed E-state index contributed by atoms with van der Waals surface area (Å²) in [5, 5.41) is 0. The Hall–Kier alpha value is -0.860. The van der Waals surface area contributed by atoms with Crippen LogP contribution in [0.3, 0.4) is 0 Å². The molecule has 0 heterocycles. The zero-order chi connectivity index (χ0) is 13.8. The van der Waals surface area contributed by atoms with E-state index in [-0.39, 0.29) is 0 Å². The minimum atomic E-state index is 0.466. The van der Waals surface area contributed by atoms with Gasteiger partial charge in [-0.2, -0.15) is 0 Å². The van der Waals surface area contributed by atoms with Crippen LogP contribution in [0.25, 0.3) is 0 Å². The molecule has 0 saturated heterocycles. The molecule has 0 aliphatic heterocycles. The lowest BCUT2D eigenvalue weighted by Crippen LogP contribution is -2.41. The lowest BCUT2D eigenvalue weighted by atomic mass is 9.80. The van der Waals surface area contributed by atoms with Gasteiger partial charge >= 0.3 is 0 Å². The molecule has 1 aliphatic rings. The van der Waals surface area contributed by atoms with Crippen LogP contribution in [0.5, 0.6) is 0 Å². The van der Waals surface area contributed by atoms with Crippen molar-refractivity contribution in [3.05, 3.63) is 35.4 Å². The molecule has 0 spiro atoms. The van der Waals surface area contributed by atoms with E-state index in [1.807, 2.05) is 0 Å². The van der Waals surface area contributed by atoms with Gasteiger partial charge in [0.25, 0.3) is 0 Å². The van der Waals surface area contributed by atoms with E-state index in [1.54, 1.807) is 0 Å². The first-order valence-electron chi connectivity index (χ1n) is 7.55. The summed E-state index contributed by atoms with van der Waals surface area (Å²) in [5.74, 6) is 1.55. The molecule has 19 heavy (non-hydrogen) atoms. The molecule has 1 aromatic carbocycles. The molecule has 1 saturated carbocycles. The van der Waals surface area contributed by atoms with E-state index in [1.165, 1.54) is 36.9 Å². The second-order valence-corrected chi connectivity index (χ2v) is 6.71. The summed E-state index contributed by atoms with van der Waals surface area (Å²) in [4.78, 5) is 2.42. The highest BCUT2D eigenvalue weighted by molar-refractivity contribution is 5.22. The minimum absolute atomic E-state index is 0.466. The van der Waals surface area contributed by atoms with Gasteiger partial charge in [0.05, 0.1) is 0 Å². The molecular formula is C17H28N2. The van der Waals surface area contributed by atoms with Crippen molar-refractivity contribution in [1.29, 1.82) is 0 Å². The van der Waals surface area contributed by atoms with Crippen molar-refractivity contribution >= 4 is 0 Å². The van der Waals surface area contributed by atoms with Crippen molar-refractivity contribution < 1.29 is 0 Å². The summed E-state index contributed by atoms with van der Waals surface area (Å²) in [6, 6.07) is 9.58. The van der Waals surface area contributed by atoms with Crippen molar-refractivity contribution in [2.45, 2.75) is 45.7 Å². The van der Waals surface area contributed by atoms with Crippen molar-refractivity contribution in [3.63, 3.8) is 0 Å². The monoisotopic (exact) mass is 260 g/mol. The second kappa shape index (κ2) is 6.53. The van der Waals surface area contributed by atoms with Crippen molar-refractivity contribution in [2.24, 2.45) is 17.6 Å². The first-order chi connectivity index (χ1) is 9.02. The summed E-state index contributed by atoms with van der Waals surface area (Å²) in [6.45, 7) is 6.77. The standard InChI is InChI=1S/C17H28N2/c1-13(2)8-14-4-6-15(7-5-14)11-19(3)12-16-9-17(18)10-16/h4-7,13,16-17H,8-12,18H2,1-3H3. The van der Waals surface area contributed by atoms with Gasteiger partial charge in [-0.25, -0.2) is 0 Å². The summed E-state index contributed by atoms with van der Waals surface area (Å²) in [7, 11) is 2.21. The summed E-state index contributed by atoms with van der Waals surface area (Å²) < 4.78 is 0. The molecule has 106 valence electrons. The average molecular weight is 260 g/mol. The largest absolute Gasteiger partial charge is 0.328 e. The van der Waals surface area contributed by atoms with Crippen molar-refractivity contribution in [2.75, 3.05) is 13.6 Å². The molecule has 0 unspecified atom stereocenters. The van der Waals surface area contributed by atoms with Crippen LogP contribution in [-0.2, 0) is 13.0 Å². The van der Waals surface area contributed by atoms with Gasteiger partial charge in [-0.05, 0) is 49.3 Å². The van der Waals surface area contributed by atoms with E-state index in [0.29, 0.717) is 6.04 Å². The Balaban J connectivity index is 1.78. The zero-order valence-corrected chi connectivity index (χ0v) is 12.6. The topological polar surface area (TPSA) is 29.3 Å². The third-order valence-corrected chi connectivity index (χ3v) is 3.96. The Kier molecular flexibility index (Phi) is 5.00. The Labute approximate surface area is 118 Å². The van der Waals surface area contributed by atoms with Crippen molar-refractivity contribution in [3.8, 4) is 0 Å². The maximum absolute atomic E-state index is 5.83. The highest BCUT2D eigenvalue weighted by Gasteiger charge is 2.26. The highest BCUT2D eigenvalue weighted by atomic mass is 15.1. The lowest BCUT2D eigenvalue weighted by Gasteiger charge is -2.35. The first-order valence-corrected chi connectivity index (χ1v) is 7.55. The van der Waals surface area contributed by atoms with E-state index in [0.717, 1.165) is 18.4 Å². The minimum Gasteiger partial charge on any atom is -0.328 e. The Morgan fingerprint density at radius 1 is 1.16 bits per heavy atom. The quantitative estimate of drug-likeness (QED) is 0.852. The van der Waals surface area contributed by atoms with Crippen LogP contribution in [0.1, 0.15) is 37.8 Å². The molecule has 1 aliphatic carbocycles. The molecule has 0 atom stereocenters. The van der Waals surface area contributed by atoms with Gasteiger partial charge in [-0.1, -0.05) is 38.1 Å². The number of nitrogens with two attached hydrogens (primary N) is 1. The predicted octanol–water partition coefficient (Wildman–Crippen LogP) is 3.05.